The number of benzene rings is 2. The van der Waals surface area contributed by atoms with Crippen LogP contribution in [0.25, 0.3) is 33.3 Å². The van der Waals surface area contributed by atoms with Crippen molar-refractivity contribution < 1.29 is 28.3 Å². The van der Waals surface area contributed by atoms with E-state index in [1.54, 1.807) is 7.05 Å². The maximum absolute atomic E-state index is 15.1. The number of nitrogens with one attached hydrogen (secondary N) is 1. The smallest absolute Gasteiger partial charge is 0.324 e. The van der Waals surface area contributed by atoms with Gasteiger partial charge in [0.15, 0.2) is 5.78 Å². The molecular formula is C55H80N6O6Si. The summed E-state index contributed by atoms with van der Waals surface area (Å²) in [6.45, 7) is 27.6. The zero-order valence-electron chi connectivity index (χ0n) is 43.3. The molecule has 4 aromatic rings. The van der Waals surface area contributed by atoms with Crippen LogP contribution < -0.4 is 15.6 Å². The van der Waals surface area contributed by atoms with Crippen molar-refractivity contribution in [1.82, 2.24) is 24.9 Å². The number of Topliss-reactive ketones (excluding diaryl/α,β-unsaturated/α-hetero) is 1. The lowest BCUT2D eigenvalue weighted by Crippen LogP contribution is -2.57. The minimum atomic E-state index is -2.47. The van der Waals surface area contributed by atoms with Crippen LogP contribution in [0, 0.1) is 17.3 Å². The molecule has 12 nitrogen and oxygen atoms in total. The quantitative estimate of drug-likeness (QED) is 0.0877. The van der Waals surface area contributed by atoms with Gasteiger partial charge in [0.05, 0.1) is 24.3 Å². The number of ether oxygens (including phenoxy) is 1. The number of carbonyl (C=O) groups is 4. The Balaban J connectivity index is 1.62. The molecule has 68 heavy (non-hydrogen) atoms. The average Bonchev–Trinajstić information content (AvgIpc) is 3.59. The number of carbonyl (C=O) groups excluding carboxylic acids is 4. The third-order valence-corrected chi connectivity index (χ3v) is 20.7. The summed E-state index contributed by atoms with van der Waals surface area (Å²) in [5, 5.41) is 2.65. The van der Waals surface area contributed by atoms with Crippen molar-refractivity contribution in [3.63, 3.8) is 0 Å². The molecule has 13 heteroatoms. The molecule has 2 aromatic heterocycles. The number of nitrogens with zero attached hydrogens (tertiary/aromatic N) is 4. The second-order valence-electron chi connectivity index (χ2n) is 21.5. The predicted molar refractivity (Wildman–Crippen MR) is 276 cm³/mol. The van der Waals surface area contributed by atoms with E-state index in [4.69, 9.17) is 19.9 Å². The number of hydrogen-bond acceptors (Lipinski definition) is 9. The van der Waals surface area contributed by atoms with E-state index < -0.39 is 37.7 Å². The normalized spacial score (nSPS) is 18.6. The Bertz CT molecular complexity index is 2440. The van der Waals surface area contributed by atoms with Crippen molar-refractivity contribution in [3.05, 3.63) is 71.5 Å². The Hall–Kier alpha value is -4.85. The molecule has 2 aliphatic rings. The summed E-state index contributed by atoms with van der Waals surface area (Å²) in [4.78, 5) is 63.3. The zero-order chi connectivity index (χ0) is 49.8. The van der Waals surface area contributed by atoms with Crippen molar-refractivity contribution >= 4 is 42.8 Å². The number of hydrazine groups is 1. The fourth-order valence-corrected chi connectivity index (χ4v) is 16.8. The molecule has 2 aliphatic heterocycles. The third-order valence-electron chi connectivity index (χ3n) is 14.7. The lowest BCUT2D eigenvalue weighted by Gasteiger charge is -2.42. The van der Waals surface area contributed by atoms with E-state index >= 15 is 4.79 Å². The molecule has 6 bridgehead atoms. The molecule has 2 aromatic carbocycles. The van der Waals surface area contributed by atoms with Crippen molar-refractivity contribution in [2.75, 3.05) is 26.7 Å². The van der Waals surface area contributed by atoms with Gasteiger partial charge in [0.2, 0.25) is 11.8 Å². The fourth-order valence-electron chi connectivity index (χ4n) is 11.5. The molecular weight excluding hydrogens is 869 g/mol. The van der Waals surface area contributed by atoms with Gasteiger partial charge in [0.25, 0.3) is 8.32 Å². The molecule has 3 N–H and O–H groups in total. The van der Waals surface area contributed by atoms with E-state index in [1.165, 1.54) is 15.5 Å². The van der Waals surface area contributed by atoms with E-state index in [0.717, 1.165) is 63.3 Å². The molecule has 3 atom stereocenters. The summed E-state index contributed by atoms with van der Waals surface area (Å²) < 4.78 is 16.1. The number of ketones is 1. The summed E-state index contributed by atoms with van der Waals surface area (Å²) >= 11 is 0. The van der Waals surface area contributed by atoms with Crippen molar-refractivity contribution in [3.8, 4) is 28.1 Å². The number of fused-ring (bicyclic) bond motifs is 6. The number of cyclic esters (lactones) is 1. The topological polar surface area (TPSA) is 149 Å². The van der Waals surface area contributed by atoms with Gasteiger partial charge in [-0.1, -0.05) is 88.3 Å². The first kappa shape index (κ1) is 52.5. The predicted octanol–water partition coefficient (Wildman–Crippen LogP) is 10.1. The van der Waals surface area contributed by atoms with E-state index in [0.29, 0.717) is 42.4 Å². The van der Waals surface area contributed by atoms with Gasteiger partial charge in [-0.15, -0.1) is 0 Å². The van der Waals surface area contributed by atoms with Crippen LogP contribution in [-0.4, -0.2) is 90.2 Å². The van der Waals surface area contributed by atoms with Gasteiger partial charge in [-0.2, -0.15) is 0 Å². The highest BCUT2D eigenvalue weighted by Gasteiger charge is 2.47. The Kier molecular flexibility index (Phi) is 16.9. The van der Waals surface area contributed by atoms with E-state index in [2.05, 4.69) is 122 Å². The molecule has 0 saturated carbocycles. The van der Waals surface area contributed by atoms with E-state index in [-0.39, 0.29) is 55.9 Å². The van der Waals surface area contributed by atoms with Gasteiger partial charge in [-0.25, -0.2) is 5.43 Å². The summed E-state index contributed by atoms with van der Waals surface area (Å²) in [5.41, 5.74) is 17.8. The van der Waals surface area contributed by atoms with Gasteiger partial charge in [0, 0.05) is 73.3 Å². The number of esters is 1. The minimum absolute atomic E-state index is 0.108. The van der Waals surface area contributed by atoms with Crippen molar-refractivity contribution in [2.45, 2.75) is 163 Å². The highest BCUT2D eigenvalue weighted by atomic mass is 28.4. The largest absolute Gasteiger partial charge is 0.543 e. The number of nitrogens with two attached hydrogens (primary N) is 1. The molecule has 2 amide bonds. The number of aromatic nitrogens is 2. The van der Waals surface area contributed by atoms with Gasteiger partial charge in [0.1, 0.15) is 11.8 Å². The average molecular weight is 949 g/mol. The first-order valence-corrected chi connectivity index (χ1v) is 27.5. The highest BCUT2D eigenvalue weighted by molar-refractivity contribution is 6.78. The van der Waals surface area contributed by atoms with Gasteiger partial charge in [-0.05, 0) is 120 Å². The summed E-state index contributed by atoms with van der Waals surface area (Å²) in [6.07, 6.45) is 4.59. The molecule has 0 unspecified atom stereocenters. The van der Waals surface area contributed by atoms with E-state index in [1.807, 2.05) is 26.1 Å². The highest BCUT2D eigenvalue weighted by Crippen LogP contribution is 2.45. The maximum atomic E-state index is 15.1. The van der Waals surface area contributed by atoms with Gasteiger partial charge < -0.3 is 24.4 Å². The van der Waals surface area contributed by atoms with Gasteiger partial charge >= 0.3 is 5.97 Å². The first-order valence-electron chi connectivity index (χ1n) is 25.3. The molecule has 6 rings (SSSR count). The summed E-state index contributed by atoms with van der Waals surface area (Å²) in [6, 6.07) is 15.8. The van der Waals surface area contributed by atoms with E-state index in [9.17, 15) is 14.4 Å². The Labute approximate surface area is 407 Å². The number of aryl methyl sites for hydroxylation is 2. The number of likely N-dealkylation sites (N-methyl/N-ethyl adjacent to an activating group) is 1. The Morgan fingerprint density at radius 2 is 1.69 bits per heavy atom. The molecule has 1 saturated heterocycles. The molecule has 1 fully saturated rings. The Morgan fingerprint density at radius 3 is 2.32 bits per heavy atom. The second-order valence-corrected chi connectivity index (χ2v) is 26.9. The minimum Gasteiger partial charge on any atom is -0.543 e. The first-order chi connectivity index (χ1) is 32.2. The molecule has 0 radical (unpaired) electrons. The van der Waals surface area contributed by atoms with Crippen molar-refractivity contribution in [2.24, 2.45) is 23.0 Å². The van der Waals surface area contributed by atoms with Crippen LogP contribution in [0.5, 0.6) is 5.75 Å². The van der Waals surface area contributed by atoms with Crippen LogP contribution in [-0.2, 0) is 49.7 Å². The van der Waals surface area contributed by atoms with Crippen LogP contribution in [0.15, 0.2) is 54.7 Å². The summed E-state index contributed by atoms with van der Waals surface area (Å²) in [5.74, 6) is -1.38. The van der Waals surface area contributed by atoms with Crippen LogP contribution in [0.2, 0.25) is 16.6 Å². The maximum Gasteiger partial charge on any atom is 0.324 e. The van der Waals surface area contributed by atoms with Crippen molar-refractivity contribution in [1.29, 1.82) is 0 Å². The zero-order valence-corrected chi connectivity index (χ0v) is 44.3. The lowest BCUT2D eigenvalue weighted by atomic mass is 9.84. The SMILES string of the molecule is CCc1ncccc1-c1c2c3cc(ccc3n1CC)-c1cc(cc(O[Si](C(C)C)(C(C)C)C(C)C)c1)C[C@H](CC(=O)[C@H](C(C)C)N(C)C(=O)CCN)C(=O)N1CCC[C@H](N1)C(=O)OCC(C)(C)C2. The number of rotatable bonds is 15. The molecule has 0 spiro atoms. The van der Waals surface area contributed by atoms with Crippen LogP contribution in [0.3, 0.4) is 0 Å². The summed E-state index contributed by atoms with van der Waals surface area (Å²) in [7, 11) is -0.824. The Morgan fingerprint density at radius 1 is 0.985 bits per heavy atom. The van der Waals surface area contributed by atoms with Crippen LogP contribution in [0.1, 0.15) is 126 Å². The monoisotopic (exact) mass is 949 g/mol. The molecule has 4 heterocycles. The second kappa shape index (κ2) is 21.8. The third kappa shape index (κ3) is 10.9. The fraction of sp³-hybridized carbons (Fsp3) is 0.582. The molecule has 370 valence electrons. The number of pyridine rings is 1. The number of amides is 2. The van der Waals surface area contributed by atoms with Crippen LogP contribution >= 0.6 is 0 Å². The molecule has 0 aliphatic carbocycles. The standard InChI is InChI=1S/C55H80N6O6Si/c1-14-46-43(18-16-24-57-46)52-45-32-55(11,12)33-66-54(65)47-19-17-25-61(58-47)53(64)41(31-49(62)51(34(3)4)59(13)50(63)22-23-56)27-38-26-40(39-20-21-48(44(45)30-39)60(52)15-2)29-42(28-38)67-68(35(5)6,36(7)8)37(9)10/h16,18,20-21,24,26,28-30,34-37,41,47,51,58H,14-15,17,19,22-23,25,27,31-33,56H2,1-13H3/t41-,47+,51+/m1/s1. The lowest BCUT2D eigenvalue weighted by molar-refractivity contribution is -0.156. The van der Waals surface area contributed by atoms with Gasteiger partial charge in [-0.3, -0.25) is 29.2 Å². The van der Waals surface area contributed by atoms with Crippen LogP contribution in [0.4, 0.5) is 0 Å². The number of hydrogen-bond donors (Lipinski definition) is 2.